The topological polar surface area (TPSA) is 32.7 Å². The number of thioether (sulfide) groups is 2. The van der Waals surface area contributed by atoms with Crippen LogP contribution in [-0.4, -0.2) is 46.4 Å². The maximum atomic E-state index is 12.6. The third kappa shape index (κ3) is 5.83. The molecule has 26 heavy (non-hydrogen) atoms. The molecule has 0 unspecified atom stereocenters. The zero-order chi connectivity index (χ0) is 19.7. The number of hydrogen-bond donors (Lipinski definition) is 0. The van der Waals surface area contributed by atoms with Crippen molar-refractivity contribution in [3.05, 3.63) is 23.3 Å². The Morgan fingerprint density at radius 3 is 2.35 bits per heavy atom. The van der Waals surface area contributed by atoms with Crippen molar-refractivity contribution >= 4 is 40.3 Å². The van der Waals surface area contributed by atoms with Gasteiger partial charge in [-0.3, -0.25) is 9.69 Å². The minimum atomic E-state index is -4.57. The number of carbonyl (C=O) groups is 1. The maximum Gasteiger partial charge on any atom is 0.406 e. The summed E-state index contributed by atoms with van der Waals surface area (Å²) in [5.74, 6) is -1.95. The Kier molecular flexibility index (Phi) is 6.21. The van der Waals surface area contributed by atoms with Crippen LogP contribution < -0.4 is 0 Å². The van der Waals surface area contributed by atoms with Crippen LogP contribution in [0.3, 0.4) is 0 Å². The number of amidine groups is 1. The molecule has 1 aliphatic heterocycles. The van der Waals surface area contributed by atoms with Gasteiger partial charge in [-0.25, -0.2) is 4.99 Å². The number of benzene rings is 1. The lowest BCUT2D eigenvalue weighted by atomic mass is 10.1. The van der Waals surface area contributed by atoms with Gasteiger partial charge in [0.15, 0.2) is 5.17 Å². The summed E-state index contributed by atoms with van der Waals surface area (Å²) in [7, 11) is 0. The maximum absolute atomic E-state index is 12.6. The summed E-state index contributed by atoms with van der Waals surface area (Å²) in [6.07, 6.45) is -8.91. The fourth-order valence-electron chi connectivity index (χ4n) is 2.18. The van der Waals surface area contributed by atoms with Crippen LogP contribution in [0.5, 0.6) is 0 Å². The molecule has 2 rings (SSSR count). The zero-order valence-corrected chi connectivity index (χ0v) is 15.3. The highest BCUT2D eigenvalue weighted by atomic mass is 32.2. The highest BCUT2D eigenvalue weighted by Crippen LogP contribution is 2.35. The second-order valence-electron chi connectivity index (χ2n) is 5.59. The van der Waals surface area contributed by atoms with Crippen molar-refractivity contribution < 1.29 is 31.1 Å². The minimum absolute atomic E-state index is 0.106. The number of rotatable bonds is 4. The first-order valence-electron chi connectivity index (χ1n) is 7.25. The summed E-state index contributed by atoms with van der Waals surface area (Å²) in [4.78, 5) is 16.7. The normalized spacial score (nSPS) is 17.5. The average Bonchev–Trinajstić information content (AvgIpc) is 2.79. The highest BCUT2D eigenvalue weighted by molar-refractivity contribution is 8.15. The van der Waals surface area contributed by atoms with Gasteiger partial charge in [0.2, 0.25) is 5.91 Å². The molecule has 0 bridgehead atoms. The first kappa shape index (κ1) is 20.9. The molecule has 11 heteroatoms. The van der Waals surface area contributed by atoms with Gasteiger partial charge in [-0.2, -0.15) is 26.3 Å². The van der Waals surface area contributed by atoms with Gasteiger partial charge >= 0.3 is 12.4 Å². The van der Waals surface area contributed by atoms with E-state index >= 15 is 0 Å². The van der Waals surface area contributed by atoms with Crippen molar-refractivity contribution in [3.63, 3.8) is 0 Å². The number of halogens is 6. The van der Waals surface area contributed by atoms with Crippen LogP contribution in [0.2, 0.25) is 0 Å². The van der Waals surface area contributed by atoms with Crippen LogP contribution in [0, 0.1) is 13.8 Å². The Morgan fingerprint density at radius 2 is 1.77 bits per heavy atom. The van der Waals surface area contributed by atoms with E-state index in [2.05, 4.69) is 4.99 Å². The summed E-state index contributed by atoms with van der Waals surface area (Å²) in [5, 5.41) is -0.106. The molecule has 0 aromatic heterocycles. The van der Waals surface area contributed by atoms with Crippen LogP contribution in [-0.2, 0) is 4.79 Å². The van der Waals surface area contributed by atoms with Crippen LogP contribution >= 0.6 is 23.5 Å². The Bertz CT molecular complexity index is 730. The number of hydrogen-bond acceptors (Lipinski definition) is 4. The number of amides is 1. The molecule has 0 radical (unpaired) electrons. The summed E-state index contributed by atoms with van der Waals surface area (Å²) in [6.45, 7) is 1.85. The van der Waals surface area contributed by atoms with Crippen molar-refractivity contribution in [3.8, 4) is 0 Å². The van der Waals surface area contributed by atoms with E-state index < -0.39 is 30.6 Å². The molecular weight excluding hydrogens is 402 g/mol. The summed E-state index contributed by atoms with van der Waals surface area (Å²) >= 11 is 1.45. The molecule has 0 aliphatic carbocycles. The Labute approximate surface area is 154 Å². The largest absolute Gasteiger partial charge is 0.406 e. The van der Waals surface area contributed by atoms with E-state index in [-0.39, 0.29) is 16.6 Å². The van der Waals surface area contributed by atoms with Crippen molar-refractivity contribution in [2.45, 2.75) is 31.1 Å². The second kappa shape index (κ2) is 7.71. The lowest BCUT2D eigenvalue weighted by molar-refractivity contribution is -0.150. The van der Waals surface area contributed by atoms with E-state index in [9.17, 15) is 31.1 Å². The fourth-order valence-corrected chi connectivity index (χ4v) is 3.87. The van der Waals surface area contributed by atoms with Gasteiger partial charge in [-0.15, -0.1) is 11.8 Å². The molecule has 1 amide bonds. The van der Waals surface area contributed by atoms with E-state index in [1.807, 2.05) is 0 Å². The van der Waals surface area contributed by atoms with Gasteiger partial charge < -0.3 is 0 Å². The van der Waals surface area contributed by atoms with Crippen LogP contribution in [0.4, 0.5) is 32.0 Å². The smallest absolute Gasteiger partial charge is 0.281 e. The fraction of sp³-hybridized carbons (Fsp3) is 0.467. The minimum Gasteiger partial charge on any atom is -0.281 e. The van der Waals surface area contributed by atoms with Crippen LogP contribution in [0.1, 0.15) is 11.1 Å². The molecule has 1 aliphatic rings. The molecule has 1 aromatic carbocycles. The monoisotopic (exact) mass is 416 g/mol. The number of aryl methyl sites for hydroxylation is 2. The van der Waals surface area contributed by atoms with Crippen molar-refractivity contribution in [1.29, 1.82) is 0 Å². The lowest BCUT2D eigenvalue weighted by Gasteiger charge is -2.18. The van der Waals surface area contributed by atoms with Crippen LogP contribution in [0.25, 0.3) is 0 Å². The molecule has 144 valence electrons. The van der Waals surface area contributed by atoms with Gasteiger partial charge in [-0.05, 0) is 31.0 Å². The third-order valence-electron chi connectivity index (χ3n) is 3.30. The second-order valence-corrected chi connectivity index (χ2v) is 7.55. The van der Waals surface area contributed by atoms with Crippen molar-refractivity contribution in [1.82, 2.24) is 4.90 Å². The average molecular weight is 416 g/mol. The van der Waals surface area contributed by atoms with E-state index in [0.29, 0.717) is 32.7 Å². The molecule has 1 fully saturated rings. The van der Waals surface area contributed by atoms with Gasteiger partial charge in [0.05, 0.1) is 17.2 Å². The zero-order valence-electron chi connectivity index (χ0n) is 13.7. The Hall–Kier alpha value is -1.36. The van der Waals surface area contributed by atoms with Gasteiger partial charge in [0.25, 0.3) is 0 Å². The predicted molar refractivity (Wildman–Crippen MR) is 90.0 cm³/mol. The first-order valence-corrected chi connectivity index (χ1v) is 9.22. The Balaban J connectivity index is 2.32. The number of alkyl halides is 6. The number of carbonyl (C=O) groups excluding carboxylic acids is 1. The summed E-state index contributed by atoms with van der Waals surface area (Å²) in [5.41, 5.74) is 1.45. The standard InChI is InChI=1S/C15H14F6N2OS2/c1-8-3-9(2)11(26-7-15(19,20)21)4-10(8)22-13-23(6-14(16,17)18)12(24)5-25-13/h3-4H,5-7H2,1-2H3/b22-13-. The quantitative estimate of drug-likeness (QED) is 0.507. The molecule has 0 saturated carbocycles. The Morgan fingerprint density at radius 1 is 1.12 bits per heavy atom. The van der Waals surface area contributed by atoms with E-state index in [4.69, 9.17) is 0 Å². The van der Waals surface area contributed by atoms with Gasteiger partial charge in [-0.1, -0.05) is 17.8 Å². The molecule has 1 heterocycles. The van der Waals surface area contributed by atoms with E-state index in [0.717, 1.165) is 11.8 Å². The van der Waals surface area contributed by atoms with Gasteiger partial charge in [0.1, 0.15) is 6.54 Å². The molecule has 0 spiro atoms. The molecule has 3 nitrogen and oxygen atoms in total. The molecule has 0 N–H and O–H groups in total. The lowest BCUT2D eigenvalue weighted by Crippen LogP contribution is -2.38. The van der Waals surface area contributed by atoms with E-state index in [1.165, 1.54) is 6.07 Å². The first-order chi connectivity index (χ1) is 11.9. The predicted octanol–water partition coefficient (Wildman–Crippen LogP) is 5.08. The third-order valence-corrected chi connectivity index (χ3v) is 5.48. The van der Waals surface area contributed by atoms with Crippen molar-refractivity contribution in [2.24, 2.45) is 4.99 Å². The molecule has 0 atom stereocenters. The molecule has 1 aromatic rings. The SMILES string of the molecule is Cc1cc(C)c(SCC(F)(F)F)cc1/N=C1\SCC(=O)N1CC(F)(F)F. The van der Waals surface area contributed by atoms with Crippen molar-refractivity contribution in [2.75, 3.05) is 18.1 Å². The molecular formula is C15H14F6N2OS2. The molecule has 1 saturated heterocycles. The summed E-state index contributed by atoms with van der Waals surface area (Å²) < 4.78 is 75.2. The number of nitrogens with zero attached hydrogens (tertiary/aromatic N) is 2. The number of aliphatic imine (C=N–C) groups is 1. The van der Waals surface area contributed by atoms with E-state index in [1.54, 1.807) is 19.9 Å². The summed E-state index contributed by atoms with van der Waals surface area (Å²) in [6, 6.07) is 3.02. The van der Waals surface area contributed by atoms with Crippen LogP contribution in [0.15, 0.2) is 22.0 Å². The van der Waals surface area contributed by atoms with Gasteiger partial charge in [0, 0.05) is 4.90 Å². The highest BCUT2D eigenvalue weighted by Gasteiger charge is 2.38.